The molecule has 1 aromatic rings. The van der Waals surface area contributed by atoms with Crippen molar-refractivity contribution in [3.8, 4) is 0 Å². The molecule has 0 radical (unpaired) electrons. The lowest BCUT2D eigenvalue weighted by atomic mass is 10.1. The lowest BCUT2D eigenvalue weighted by molar-refractivity contribution is -0.127. The molecular weight excluding hydrogens is 254 g/mol. The van der Waals surface area contributed by atoms with Crippen LogP contribution in [0.25, 0.3) is 0 Å². The highest BCUT2D eigenvalue weighted by atomic mass is 16.2. The van der Waals surface area contributed by atoms with Gasteiger partial charge < -0.3 is 15.5 Å². The molecule has 0 heterocycles. The Morgan fingerprint density at radius 1 is 1.20 bits per heavy atom. The number of nitrogens with one attached hydrogen (secondary N) is 2. The minimum atomic E-state index is -0.247. The predicted molar refractivity (Wildman–Crippen MR) is 80.7 cm³/mol. The van der Waals surface area contributed by atoms with E-state index in [9.17, 15) is 9.59 Å². The first kappa shape index (κ1) is 16.0. The van der Waals surface area contributed by atoms with Gasteiger partial charge in [0.25, 0.3) is 0 Å². The molecule has 0 aromatic heterocycles. The molecule has 0 aliphatic heterocycles. The minimum Gasteiger partial charge on any atom is -0.349 e. The van der Waals surface area contributed by atoms with E-state index in [1.54, 1.807) is 20.2 Å². The van der Waals surface area contributed by atoms with Gasteiger partial charge in [0.1, 0.15) is 0 Å². The molecule has 0 fully saturated rings. The molecule has 5 heteroatoms. The Bertz CT molecular complexity index is 470. The van der Waals surface area contributed by atoms with Gasteiger partial charge in [0.15, 0.2) is 0 Å². The molecule has 0 spiro atoms. The van der Waals surface area contributed by atoms with Crippen molar-refractivity contribution in [3.05, 3.63) is 29.8 Å². The third-order valence-corrected chi connectivity index (χ3v) is 2.78. The van der Waals surface area contributed by atoms with E-state index in [2.05, 4.69) is 10.6 Å². The SMILES string of the molecule is CC(C)CNC(=O)Nc1ccccc1CC(=O)N(C)C. The topological polar surface area (TPSA) is 61.4 Å². The smallest absolute Gasteiger partial charge is 0.319 e. The van der Waals surface area contributed by atoms with Crippen molar-refractivity contribution in [2.24, 2.45) is 5.92 Å². The average Bonchev–Trinajstić information content (AvgIpc) is 2.38. The maximum Gasteiger partial charge on any atom is 0.319 e. The number of para-hydroxylation sites is 1. The molecule has 0 aliphatic rings. The van der Waals surface area contributed by atoms with Crippen LogP contribution in [0, 0.1) is 5.92 Å². The van der Waals surface area contributed by atoms with E-state index in [1.165, 1.54) is 4.90 Å². The molecule has 20 heavy (non-hydrogen) atoms. The summed E-state index contributed by atoms with van der Waals surface area (Å²) in [5.74, 6) is 0.396. The number of amides is 3. The third kappa shape index (κ3) is 5.30. The van der Waals surface area contributed by atoms with Crippen LogP contribution in [0.5, 0.6) is 0 Å². The summed E-state index contributed by atoms with van der Waals surface area (Å²) in [7, 11) is 3.43. The fraction of sp³-hybridized carbons (Fsp3) is 0.467. The molecule has 1 aromatic carbocycles. The van der Waals surface area contributed by atoms with Crippen molar-refractivity contribution >= 4 is 17.6 Å². The third-order valence-electron chi connectivity index (χ3n) is 2.78. The number of carbonyl (C=O) groups excluding carboxylic acids is 2. The van der Waals surface area contributed by atoms with Gasteiger partial charge in [0.2, 0.25) is 5.91 Å². The Kier molecular flexibility index (Phi) is 6.03. The van der Waals surface area contributed by atoms with Crippen LogP contribution in [0.2, 0.25) is 0 Å². The zero-order valence-corrected chi connectivity index (χ0v) is 12.6. The summed E-state index contributed by atoms with van der Waals surface area (Å²) in [5, 5.41) is 5.58. The second kappa shape index (κ2) is 7.53. The molecule has 0 saturated carbocycles. The number of anilines is 1. The number of hydrogen-bond acceptors (Lipinski definition) is 2. The molecule has 0 saturated heterocycles. The maximum absolute atomic E-state index is 11.8. The fourth-order valence-electron chi connectivity index (χ4n) is 1.58. The molecule has 5 nitrogen and oxygen atoms in total. The molecule has 3 amide bonds. The van der Waals surface area contributed by atoms with Crippen LogP contribution in [0.3, 0.4) is 0 Å². The van der Waals surface area contributed by atoms with Crippen molar-refractivity contribution in [2.75, 3.05) is 26.0 Å². The number of rotatable bonds is 5. The number of hydrogen-bond donors (Lipinski definition) is 2. The zero-order valence-electron chi connectivity index (χ0n) is 12.6. The Balaban J connectivity index is 2.70. The van der Waals surface area contributed by atoms with E-state index in [0.29, 0.717) is 18.2 Å². The molecule has 0 aliphatic carbocycles. The van der Waals surface area contributed by atoms with Gasteiger partial charge in [-0.15, -0.1) is 0 Å². The van der Waals surface area contributed by atoms with Crippen molar-refractivity contribution in [2.45, 2.75) is 20.3 Å². The summed E-state index contributed by atoms with van der Waals surface area (Å²) in [4.78, 5) is 25.1. The Morgan fingerprint density at radius 2 is 1.85 bits per heavy atom. The van der Waals surface area contributed by atoms with Crippen molar-refractivity contribution < 1.29 is 9.59 Å². The summed E-state index contributed by atoms with van der Waals surface area (Å²) in [6, 6.07) is 7.09. The summed E-state index contributed by atoms with van der Waals surface area (Å²) in [5.41, 5.74) is 1.48. The first-order chi connectivity index (χ1) is 9.40. The molecule has 1 rings (SSSR count). The number of likely N-dealkylation sites (N-methyl/N-ethyl adjacent to an activating group) is 1. The van der Waals surface area contributed by atoms with Gasteiger partial charge in [0.05, 0.1) is 6.42 Å². The van der Waals surface area contributed by atoms with Crippen molar-refractivity contribution in [1.29, 1.82) is 0 Å². The van der Waals surface area contributed by atoms with E-state index in [0.717, 1.165) is 5.56 Å². The van der Waals surface area contributed by atoms with Crippen LogP contribution in [-0.2, 0) is 11.2 Å². The lowest BCUT2D eigenvalue weighted by Gasteiger charge is -2.14. The molecular formula is C15H23N3O2. The first-order valence-electron chi connectivity index (χ1n) is 6.73. The summed E-state index contributed by atoms with van der Waals surface area (Å²) >= 11 is 0. The number of carbonyl (C=O) groups is 2. The summed E-state index contributed by atoms with van der Waals surface area (Å²) in [6.07, 6.45) is 0.271. The highest BCUT2D eigenvalue weighted by molar-refractivity contribution is 5.91. The maximum atomic E-state index is 11.8. The minimum absolute atomic E-state index is 0.00170. The van der Waals surface area contributed by atoms with Gasteiger partial charge in [-0.05, 0) is 17.5 Å². The van der Waals surface area contributed by atoms with E-state index in [-0.39, 0.29) is 18.4 Å². The summed E-state index contributed by atoms with van der Waals surface area (Å²) in [6.45, 7) is 4.68. The van der Waals surface area contributed by atoms with Crippen LogP contribution in [0.1, 0.15) is 19.4 Å². The van der Waals surface area contributed by atoms with Gasteiger partial charge in [0, 0.05) is 26.3 Å². The van der Waals surface area contributed by atoms with Gasteiger partial charge in [-0.2, -0.15) is 0 Å². The monoisotopic (exact) mass is 277 g/mol. The van der Waals surface area contributed by atoms with E-state index < -0.39 is 0 Å². The highest BCUT2D eigenvalue weighted by Gasteiger charge is 2.11. The normalized spacial score (nSPS) is 10.2. The quantitative estimate of drug-likeness (QED) is 0.865. The van der Waals surface area contributed by atoms with Crippen LogP contribution < -0.4 is 10.6 Å². The largest absolute Gasteiger partial charge is 0.349 e. The average molecular weight is 277 g/mol. The van der Waals surface area contributed by atoms with Crippen molar-refractivity contribution in [3.63, 3.8) is 0 Å². The van der Waals surface area contributed by atoms with Gasteiger partial charge >= 0.3 is 6.03 Å². The number of urea groups is 1. The fourth-order valence-corrected chi connectivity index (χ4v) is 1.58. The molecule has 2 N–H and O–H groups in total. The zero-order chi connectivity index (χ0) is 15.1. The van der Waals surface area contributed by atoms with Gasteiger partial charge in [-0.3, -0.25) is 4.79 Å². The summed E-state index contributed by atoms with van der Waals surface area (Å²) < 4.78 is 0. The second-order valence-corrected chi connectivity index (χ2v) is 5.35. The molecule has 0 atom stereocenters. The standard InChI is InChI=1S/C15H23N3O2/c1-11(2)10-16-15(20)17-13-8-6-5-7-12(13)9-14(19)18(3)4/h5-8,11H,9-10H2,1-4H3,(H2,16,17,20). The Morgan fingerprint density at radius 3 is 2.45 bits per heavy atom. The second-order valence-electron chi connectivity index (χ2n) is 5.35. The van der Waals surface area contributed by atoms with E-state index >= 15 is 0 Å². The first-order valence-corrected chi connectivity index (χ1v) is 6.73. The van der Waals surface area contributed by atoms with Crippen LogP contribution >= 0.6 is 0 Å². The Hall–Kier alpha value is -2.04. The van der Waals surface area contributed by atoms with Crippen LogP contribution in [0.15, 0.2) is 24.3 Å². The van der Waals surface area contributed by atoms with Crippen LogP contribution in [0.4, 0.5) is 10.5 Å². The van der Waals surface area contributed by atoms with Gasteiger partial charge in [-0.25, -0.2) is 4.79 Å². The molecule has 0 bridgehead atoms. The number of benzene rings is 1. The van der Waals surface area contributed by atoms with E-state index in [4.69, 9.17) is 0 Å². The Labute approximate surface area is 120 Å². The highest BCUT2D eigenvalue weighted by Crippen LogP contribution is 2.16. The van der Waals surface area contributed by atoms with Crippen molar-refractivity contribution in [1.82, 2.24) is 10.2 Å². The lowest BCUT2D eigenvalue weighted by Crippen LogP contribution is -2.32. The van der Waals surface area contributed by atoms with Crippen LogP contribution in [-0.4, -0.2) is 37.5 Å². The molecule has 0 unspecified atom stereocenters. The number of nitrogens with zero attached hydrogens (tertiary/aromatic N) is 1. The predicted octanol–water partition coefficient (Wildman–Crippen LogP) is 2.09. The van der Waals surface area contributed by atoms with E-state index in [1.807, 2.05) is 32.0 Å². The molecule has 110 valence electrons. The van der Waals surface area contributed by atoms with Gasteiger partial charge in [-0.1, -0.05) is 32.0 Å².